The van der Waals surface area contributed by atoms with Gasteiger partial charge in [-0.1, -0.05) is 0 Å². The van der Waals surface area contributed by atoms with E-state index in [-0.39, 0.29) is 5.95 Å². The topological polar surface area (TPSA) is 157 Å². The zero-order valence-corrected chi connectivity index (χ0v) is 20.9. The minimum atomic E-state index is -3.21. The predicted molar refractivity (Wildman–Crippen MR) is 136 cm³/mol. The van der Waals surface area contributed by atoms with Crippen molar-refractivity contribution in [3.8, 4) is 17.4 Å². The van der Waals surface area contributed by atoms with Gasteiger partial charge in [0.2, 0.25) is 21.9 Å². The quantitative estimate of drug-likeness (QED) is 0.385. The first-order valence-electron chi connectivity index (χ1n) is 11.2. The van der Waals surface area contributed by atoms with Crippen molar-refractivity contribution in [3.05, 3.63) is 42.5 Å². The fourth-order valence-corrected chi connectivity index (χ4v) is 4.95. The minimum absolute atomic E-state index is 0.109. The number of aromatic nitrogens is 6. The van der Waals surface area contributed by atoms with Crippen molar-refractivity contribution < 1.29 is 13.2 Å². The van der Waals surface area contributed by atoms with Crippen molar-refractivity contribution >= 4 is 38.8 Å². The molecule has 0 aliphatic carbocycles. The Morgan fingerprint density at radius 3 is 2.44 bits per heavy atom. The average Bonchev–Trinajstić information content (AvgIpc) is 3.20. The monoisotopic (exact) mass is 510 g/mol. The smallest absolute Gasteiger partial charge is 0.223 e. The lowest BCUT2D eigenvalue weighted by atomic mass is 10.3. The van der Waals surface area contributed by atoms with Gasteiger partial charge in [-0.2, -0.15) is 14.3 Å². The number of hydrogen-bond donors (Lipinski definition) is 2. The maximum absolute atomic E-state index is 11.9. The van der Waals surface area contributed by atoms with Crippen LogP contribution < -0.4 is 20.7 Å². The summed E-state index contributed by atoms with van der Waals surface area (Å²) in [4.78, 5) is 24.1. The number of piperazine rings is 1. The molecule has 1 saturated heterocycles. The molecule has 1 aliphatic heterocycles. The molecule has 36 heavy (non-hydrogen) atoms. The van der Waals surface area contributed by atoms with Crippen molar-refractivity contribution in [2.45, 2.75) is 6.92 Å². The van der Waals surface area contributed by atoms with E-state index in [1.807, 2.05) is 28.8 Å². The average molecular weight is 511 g/mol. The van der Waals surface area contributed by atoms with Gasteiger partial charge in [0.1, 0.15) is 17.2 Å². The highest BCUT2D eigenvalue weighted by atomic mass is 32.2. The van der Waals surface area contributed by atoms with Crippen LogP contribution in [0.1, 0.15) is 5.82 Å². The van der Waals surface area contributed by atoms with Crippen molar-refractivity contribution in [3.63, 3.8) is 0 Å². The lowest BCUT2D eigenvalue weighted by molar-refractivity contribution is 0.388. The number of sulfonamides is 1. The van der Waals surface area contributed by atoms with Crippen LogP contribution >= 0.6 is 0 Å². The van der Waals surface area contributed by atoms with Crippen LogP contribution in [-0.4, -0.2) is 81.6 Å². The normalized spacial score (nSPS) is 14.8. The van der Waals surface area contributed by atoms with Crippen LogP contribution in [0, 0.1) is 6.92 Å². The number of rotatable bonds is 6. The second kappa shape index (κ2) is 9.20. The Balaban J connectivity index is 1.56. The molecular weight excluding hydrogens is 484 g/mol. The summed E-state index contributed by atoms with van der Waals surface area (Å²) in [7, 11) is -1.65. The Morgan fingerprint density at radius 1 is 1.03 bits per heavy atom. The maximum Gasteiger partial charge on any atom is 0.223 e. The van der Waals surface area contributed by atoms with E-state index in [2.05, 4.69) is 30.2 Å². The number of nitrogen functional groups attached to an aromatic ring is 1. The van der Waals surface area contributed by atoms with Crippen molar-refractivity contribution in [2.24, 2.45) is 0 Å². The van der Waals surface area contributed by atoms with E-state index in [0.29, 0.717) is 66.6 Å². The summed E-state index contributed by atoms with van der Waals surface area (Å²) in [6, 6.07) is 7.45. The first-order chi connectivity index (χ1) is 17.2. The van der Waals surface area contributed by atoms with Gasteiger partial charge in [0.15, 0.2) is 11.6 Å². The number of fused-ring (bicyclic) bond motifs is 1. The van der Waals surface area contributed by atoms with Crippen LogP contribution in [0.15, 0.2) is 36.7 Å². The van der Waals surface area contributed by atoms with E-state index in [1.54, 1.807) is 26.3 Å². The van der Waals surface area contributed by atoms with Crippen LogP contribution in [0.3, 0.4) is 0 Å². The highest BCUT2D eigenvalue weighted by Crippen LogP contribution is 2.31. The molecule has 1 fully saturated rings. The molecule has 0 spiro atoms. The first-order valence-corrected chi connectivity index (χ1v) is 13.0. The number of nitrogens with one attached hydrogen (secondary N) is 1. The van der Waals surface area contributed by atoms with Crippen LogP contribution in [0.2, 0.25) is 0 Å². The molecule has 0 atom stereocenters. The van der Waals surface area contributed by atoms with Crippen LogP contribution in [-0.2, 0) is 10.0 Å². The van der Waals surface area contributed by atoms with E-state index >= 15 is 0 Å². The summed E-state index contributed by atoms with van der Waals surface area (Å²) >= 11 is 0. The summed E-state index contributed by atoms with van der Waals surface area (Å²) in [6.45, 7) is 3.74. The second-order valence-corrected chi connectivity index (χ2v) is 10.3. The molecule has 188 valence electrons. The third-order valence-electron chi connectivity index (χ3n) is 5.86. The van der Waals surface area contributed by atoms with Gasteiger partial charge in [-0.05, 0) is 25.1 Å². The molecule has 0 unspecified atom stereocenters. The van der Waals surface area contributed by atoms with Gasteiger partial charge in [0.05, 0.1) is 30.9 Å². The van der Waals surface area contributed by atoms with Crippen LogP contribution in [0.5, 0.6) is 5.88 Å². The molecule has 1 aliphatic rings. The Hall–Kier alpha value is -4.04. The van der Waals surface area contributed by atoms with E-state index in [9.17, 15) is 8.42 Å². The second-order valence-electron chi connectivity index (χ2n) is 8.35. The van der Waals surface area contributed by atoms with Gasteiger partial charge < -0.3 is 20.7 Å². The number of aryl methyl sites for hydroxylation is 1. The number of pyridine rings is 2. The molecule has 3 N–H and O–H groups in total. The zero-order chi connectivity index (χ0) is 25.4. The molecule has 0 bridgehead atoms. The lowest BCUT2D eigenvalue weighted by Crippen LogP contribution is -2.48. The summed E-state index contributed by atoms with van der Waals surface area (Å²) in [5, 5.41) is 3.29. The third-order valence-corrected chi connectivity index (χ3v) is 7.16. The number of imidazole rings is 1. The van der Waals surface area contributed by atoms with Gasteiger partial charge in [-0.3, -0.25) is 4.40 Å². The van der Waals surface area contributed by atoms with Crippen molar-refractivity contribution in [1.82, 2.24) is 33.6 Å². The molecule has 14 heteroatoms. The van der Waals surface area contributed by atoms with Gasteiger partial charge in [0, 0.05) is 38.4 Å². The largest absolute Gasteiger partial charge is 0.481 e. The minimum Gasteiger partial charge on any atom is -0.481 e. The third kappa shape index (κ3) is 4.72. The van der Waals surface area contributed by atoms with Crippen molar-refractivity contribution in [1.29, 1.82) is 0 Å². The van der Waals surface area contributed by atoms with E-state index in [0.717, 1.165) is 5.69 Å². The predicted octanol–water partition coefficient (Wildman–Crippen LogP) is 1.31. The highest BCUT2D eigenvalue weighted by molar-refractivity contribution is 7.88. The molecular formula is C22H26N10O3S. The molecule has 0 radical (unpaired) electrons. The van der Waals surface area contributed by atoms with Crippen molar-refractivity contribution in [2.75, 3.05) is 55.5 Å². The summed E-state index contributed by atoms with van der Waals surface area (Å²) < 4.78 is 32.3. The van der Waals surface area contributed by atoms with E-state index < -0.39 is 10.0 Å². The number of methoxy groups -OCH3 is 1. The number of hydrogen-bond acceptors (Lipinski definition) is 11. The Morgan fingerprint density at radius 2 is 1.81 bits per heavy atom. The number of nitrogens with zero attached hydrogens (tertiary/aromatic N) is 8. The van der Waals surface area contributed by atoms with Gasteiger partial charge in [-0.15, -0.1) is 0 Å². The van der Waals surface area contributed by atoms with Crippen LogP contribution in [0.25, 0.3) is 17.2 Å². The number of nitrogens with two attached hydrogens (primary N) is 1. The molecule has 0 amide bonds. The molecule has 13 nitrogen and oxygen atoms in total. The number of ether oxygens (including phenoxy) is 1. The molecule has 4 aromatic rings. The molecule has 5 heterocycles. The van der Waals surface area contributed by atoms with E-state index in [1.165, 1.54) is 10.6 Å². The van der Waals surface area contributed by atoms with E-state index in [4.69, 9.17) is 15.5 Å². The zero-order valence-electron chi connectivity index (χ0n) is 20.1. The fraction of sp³-hybridized carbons (Fsp3) is 0.318. The molecule has 0 aromatic carbocycles. The first kappa shape index (κ1) is 23.7. The Kier molecular flexibility index (Phi) is 6.05. The van der Waals surface area contributed by atoms with Gasteiger partial charge in [0.25, 0.3) is 0 Å². The Bertz CT molecular complexity index is 1490. The summed E-state index contributed by atoms with van der Waals surface area (Å²) in [5.41, 5.74) is 8.84. The number of anilines is 4. The molecule has 5 rings (SSSR count). The maximum atomic E-state index is 11.9. The summed E-state index contributed by atoms with van der Waals surface area (Å²) in [5.74, 6) is 1.98. The Labute approximate surface area is 208 Å². The van der Waals surface area contributed by atoms with Crippen LogP contribution in [0.4, 0.5) is 23.1 Å². The SMILES string of the molecule is COc1ccc(Nc2nc3ccc(N4CCN(S(C)(=O)=O)CC4)cn3c2-c2nc(C)nc(N)n2)cn1. The standard InChI is InChI=1S/C22H26N10O3S/c1-14-25-20(29-22(23)26-14)19-21(27-15-4-7-18(35-2)24-12-15)28-17-6-5-16(13-32(17)19)30-8-10-31(11-9-30)36(3,33)34/h4-7,12-13,27H,8-11H2,1-3H3,(H2,23,25,26,29). The van der Waals surface area contributed by atoms with Gasteiger partial charge >= 0.3 is 0 Å². The lowest BCUT2D eigenvalue weighted by Gasteiger charge is -2.34. The molecule has 4 aromatic heterocycles. The molecule has 0 saturated carbocycles. The highest BCUT2D eigenvalue weighted by Gasteiger charge is 2.25. The van der Waals surface area contributed by atoms with Gasteiger partial charge in [-0.25, -0.2) is 23.4 Å². The summed E-state index contributed by atoms with van der Waals surface area (Å²) in [6.07, 6.45) is 4.83. The fourth-order valence-electron chi connectivity index (χ4n) is 4.12.